The molecule has 0 saturated carbocycles. The third-order valence-electron chi connectivity index (χ3n) is 3.59. The fourth-order valence-electron chi connectivity index (χ4n) is 2.44. The molecule has 1 amide bonds. The minimum atomic E-state index is -0.437. The van der Waals surface area contributed by atoms with E-state index in [9.17, 15) is 14.9 Å². The van der Waals surface area contributed by atoms with Crippen LogP contribution in [0, 0.1) is 24.0 Å². The molecular weight excluding hydrogens is 394 g/mol. The van der Waals surface area contributed by atoms with Crippen LogP contribution in [0.3, 0.4) is 0 Å². The maximum absolute atomic E-state index is 12.2. The largest absolute Gasteiger partial charge is 0.324 e. The highest BCUT2D eigenvalue weighted by Crippen LogP contribution is 2.32. The Morgan fingerprint density at radius 2 is 2.12 bits per heavy atom. The van der Waals surface area contributed by atoms with E-state index in [1.807, 2.05) is 19.9 Å². The van der Waals surface area contributed by atoms with Gasteiger partial charge in [0.1, 0.15) is 0 Å². The number of benzene rings is 2. The van der Waals surface area contributed by atoms with E-state index < -0.39 is 4.92 Å². The van der Waals surface area contributed by atoms with Gasteiger partial charge in [-0.3, -0.25) is 14.9 Å². The lowest BCUT2D eigenvalue weighted by atomic mass is 10.1. The number of thioether (sulfide) groups is 1. The van der Waals surface area contributed by atoms with Crippen LogP contribution >= 0.6 is 34.7 Å². The van der Waals surface area contributed by atoms with E-state index in [2.05, 4.69) is 10.3 Å². The topological polar surface area (TPSA) is 85.1 Å². The number of fused-ring (bicyclic) bond motifs is 1. The van der Waals surface area contributed by atoms with E-state index in [0.29, 0.717) is 20.6 Å². The van der Waals surface area contributed by atoms with E-state index in [0.717, 1.165) is 15.8 Å². The van der Waals surface area contributed by atoms with Crippen molar-refractivity contribution in [1.82, 2.24) is 4.98 Å². The van der Waals surface area contributed by atoms with Gasteiger partial charge < -0.3 is 5.32 Å². The van der Waals surface area contributed by atoms with Crippen molar-refractivity contribution in [2.45, 2.75) is 18.2 Å². The van der Waals surface area contributed by atoms with E-state index in [1.165, 1.54) is 35.2 Å². The number of nitro groups is 1. The zero-order valence-corrected chi connectivity index (χ0v) is 16.3. The van der Waals surface area contributed by atoms with Gasteiger partial charge in [-0.15, -0.1) is 11.3 Å². The number of carbonyl (C=O) groups is 1. The monoisotopic (exact) mass is 407 g/mol. The van der Waals surface area contributed by atoms with Gasteiger partial charge in [0.05, 0.1) is 31.6 Å². The Balaban J connectivity index is 1.68. The van der Waals surface area contributed by atoms with Gasteiger partial charge in [-0.1, -0.05) is 29.4 Å². The zero-order valence-electron chi connectivity index (χ0n) is 13.9. The van der Waals surface area contributed by atoms with Crippen molar-refractivity contribution < 1.29 is 9.72 Å². The summed E-state index contributed by atoms with van der Waals surface area (Å²) in [4.78, 5) is 27.0. The van der Waals surface area contributed by atoms with Crippen molar-refractivity contribution in [3.8, 4) is 0 Å². The average molecular weight is 408 g/mol. The molecule has 0 fully saturated rings. The van der Waals surface area contributed by atoms with Crippen molar-refractivity contribution in [1.29, 1.82) is 0 Å². The second-order valence-electron chi connectivity index (χ2n) is 5.66. The molecule has 0 radical (unpaired) electrons. The summed E-state index contributed by atoms with van der Waals surface area (Å²) in [7, 11) is 0. The highest BCUT2D eigenvalue weighted by atomic mass is 35.5. The molecule has 0 aliphatic carbocycles. The van der Waals surface area contributed by atoms with Crippen LogP contribution in [0.4, 0.5) is 11.4 Å². The second-order valence-corrected chi connectivity index (χ2v) is 8.32. The van der Waals surface area contributed by atoms with Gasteiger partial charge >= 0.3 is 0 Å². The number of thiazole rings is 1. The average Bonchev–Trinajstić information content (AvgIpc) is 2.98. The number of aryl methyl sites for hydroxylation is 2. The maximum atomic E-state index is 12.2. The number of anilines is 1. The van der Waals surface area contributed by atoms with Crippen molar-refractivity contribution in [3.63, 3.8) is 0 Å². The predicted octanol–water partition coefficient (Wildman–Crippen LogP) is 5.21. The van der Waals surface area contributed by atoms with Crippen LogP contribution in [-0.4, -0.2) is 21.6 Å². The standard InChI is InChI=1S/C17H14ClN3O3S2/c1-9-5-10(2)16(12(18)6-9)20-15(22)8-25-17-19-13-4-3-11(21(23)24)7-14(13)26-17/h3-7H,8H2,1-2H3,(H,20,22). The zero-order chi connectivity index (χ0) is 18.8. The van der Waals surface area contributed by atoms with Gasteiger partial charge in [0.15, 0.2) is 4.34 Å². The molecular formula is C17H14ClN3O3S2. The molecule has 0 bridgehead atoms. The molecule has 0 spiro atoms. The highest BCUT2D eigenvalue weighted by molar-refractivity contribution is 8.01. The first kappa shape index (κ1) is 18.6. The Hall–Kier alpha value is -2.16. The number of non-ortho nitro benzene ring substituents is 1. The molecule has 134 valence electrons. The van der Waals surface area contributed by atoms with Crippen LogP contribution in [-0.2, 0) is 4.79 Å². The number of hydrogen-bond donors (Lipinski definition) is 1. The molecule has 0 aliphatic rings. The van der Waals surface area contributed by atoms with E-state index in [-0.39, 0.29) is 17.3 Å². The predicted molar refractivity (Wildman–Crippen MR) is 107 cm³/mol. The molecule has 6 nitrogen and oxygen atoms in total. The maximum Gasteiger partial charge on any atom is 0.270 e. The van der Waals surface area contributed by atoms with Gasteiger partial charge in [0, 0.05) is 12.1 Å². The smallest absolute Gasteiger partial charge is 0.270 e. The number of halogens is 1. The van der Waals surface area contributed by atoms with E-state index >= 15 is 0 Å². The summed E-state index contributed by atoms with van der Waals surface area (Å²) in [5, 5.41) is 14.2. The highest BCUT2D eigenvalue weighted by Gasteiger charge is 2.13. The minimum Gasteiger partial charge on any atom is -0.324 e. The molecule has 1 aromatic heterocycles. The van der Waals surface area contributed by atoms with Crippen molar-refractivity contribution in [2.75, 3.05) is 11.1 Å². The number of hydrogen-bond acceptors (Lipinski definition) is 6. The third-order valence-corrected chi connectivity index (χ3v) is 6.05. The molecule has 3 rings (SSSR count). The molecule has 0 unspecified atom stereocenters. The number of nitrogens with zero attached hydrogens (tertiary/aromatic N) is 2. The molecule has 9 heteroatoms. The number of carbonyl (C=O) groups excluding carboxylic acids is 1. The Kier molecular flexibility index (Phi) is 5.45. The molecule has 2 aromatic carbocycles. The Bertz CT molecular complexity index is 997. The quantitative estimate of drug-likeness (QED) is 0.356. The summed E-state index contributed by atoms with van der Waals surface area (Å²) in [5.41, 5.74) is 3.26. The lowest BCUT2D eigenvalue weighted by Crippen LogP contribution is -2.15. The van der Waals surface area contributed by atoms with Crippen LogP contribution < -0.4 is 5.32 Å². The number of nitrogens with one attached hydrogen (secondary N) is 1. The molecule has 3 aromatic rings. The van der Waals surface area contributed by atoms with Gasteiger partial charge in [0.2, 0.25) is 5.91 Å². The fourth-order valence-corrected chi connectivity index (χ4v) is 4.71. The summed E-state index contributed by atoms with van der Waals surface area (Å²) in [6, 6.07) is 8.29. The van der Waals surface area contributed by atoms with Crippen LogP contribution in [0.15, 0.2) is 34.7 Å². The van der Waals surface area contributed by atoms with Crippen LogP contribution in [0.2, 0.25) is 5.02 Å². The Morgan fingerprint density at radius 1 is 1.35 bits per heavy atom. The number of amides is 1. The minimum absolute atomic E-state index is 0.0277. The number of aromatic nitrogens is 1. The SMILES string of the molecule is Cc1cc(C)c(NC(=O)CSc2nc3ccc([N+](=O)[O-])cc3s2)c(Cl)c1. The molecule has 26 heavy (non-hydrogen) atoms. The van der Waals surface area contributed by atoms with Crippen molar-refractivity contribution in [2.24, 2.45) is 0 Å². The summed E-state index contributed by atoms with van der Waals surface area (Å²) in [6.45, 7) is 3.83. The van der Waals surface area contributed by atoms with Crippen molar-refractivity contribution in [3.05, 3.63) is 56.6 Å². The molecule has 0 atom stereocenters. The van der Waals surface area contributed by atoms with Gasteiger partial charge in [-0.05, 0) is 37.1 Å². The first-order chi connectivity index (χ1) is 12.3. The Morgan fingerprint density at radius 3 is 2.81 bits per heavy atom. The van der Waals surface area contributed by atoms with Crippen molar-refractivity contribution >= 4 is 62.2 Å². The van der Waals surface area contributed by atoms with Crippen LogP contribution in [0.25, 0.3) is 10.2 Å². The molecule has 1 heterocycles. The summed E-state index contributed by atoms with van der Waals surface area (Å²) >= 11 is 8.81. The van der Waals surface area contributed by atoms with Gasteiger partial charge in [-0.2, -0.15) is 0 Å². The van der Waals surface area contributed by atoms with E-state index in [1.54, 1.807) is 12.1 Å². The Labute approximate surface area is 162 Å². The molecule has 1 N–H and O–H groups in total. The lowest BCUT2D eigenvalue weighted by molar-refractivity contribution is -0.384. The number of nitro benzene ring substituents is 1. The molecule has 0 saturated heterocycles. The van der Waals surface area contributed by atoms with Gasteiger partial charge in [-0.25, -0.2) is 4.98 Å². The fraction of sp³-hybridized carbons (Fsp3) is 0.176. The first-order valence-electron chi connectivity index (χ1n) is 7.58. The second kappa shape index (κ2) is 7.61. The normalized spacial score (nSPS) is 10.9. The summed E-state index contributed by atoms with van der Waals surface area (Å²) in [6.07, 6.45) is 0. The van der Waals surface area contributed by atoms with Crippen LogP contribution in [0.5, 0.6) is 0 Å². The van der Waals surface area contributed by atoms with Gasteiger partial charge in [0.25, 0.3) is 5.69 Å². The van der Waals surface area contributed by atoms with Crippen LogP contribution in [0.1, 0.15) is 11.1 Å². The summed E-state index contributed by atoms with van der Waals surface area (Å²) in [5.74, 6) is -0.0138. The lowest BCUT2D eigenvalue weighted by Gasteiger charge is -2.11. The summed E-state index contributed by atoms with van der Waals surface area (Å²) < 4.78 is 1.40. The third kappa shape index (κ3) is 4.14. The number of rotatable bonds is 5. The van der Waals surface area contributed by atoms with E-state index in [4.69, 9.17) is 11.6 Å². The molecule has 0 aliphatic heterocycles. The first-order valence-corrected chi connectivity index (χ1v) is 9.76.